The maximum Gasteiger partial charge on any atom is 0.309 e. The highest BCUT2D eigenvalue weighted by molar-refractivity contribution is 6.83. The van der Waals surface area contributed by atoms with Crippen LogP contribution in [0.15, 0.2) is 0 Å². The Labute approximate surface area is 126 Å². The third kappa shape index (κ3) is 3.29. The van der Waals surface area contributed by atoms with Crippen molar-refractivity contribution in [2.24, 2.45) is 11.8 Å². The Morgan fingerprint density at radius 3 is 1.85 bits per heavy atom. The molecule has 3 heteroatoms. The van der Waals surface area contributed by atoms with E-state index in [1.54, 1.807) is 0 Å². The molecule has 0 unspecified atom stereocenters. The standard InChI is InChI=1S/C17H34O2Si/c1-8-19-17(18)16-10-9-15(16)11-20(12(2)3,13(4)5)14(6)7/h12-16H,8-11H2,1-7H3/t15-,16+/m0/s1. The highest BCUT2D eigenvalue weighted by Gasteiger charge is 2.48. The summed E-state index contributed by atoms with van der Waals surface area (Å²) in [4.78, 5) is 12.0. The molecular formula is C17H34O2Si. The molecule has 0 aromatic carbocycles. The van der Waals surface area contributed by atoms with Crippen LogP contribution in [0.2, 0.25) is 22.7 Å². The average molecular weight is 299 g/mol. The minimum atomic E-state index is -1.38. The van der Waals surface area contributed by atoms with Gasteiger partial charge in [0.25, 0.3) is 0 Å². The molecule has 0 aromatic heterocycles. The van der Waals surface area contributed by atoms with E-state index < -0.39 is 8.07 Å². The van der Waals surface area contributed by atoms with Crippen LogP contribution >= 0.6 is 0 Å². The molecule has 0 radical (unpaired) electrons. The van der Waals surface area contributed by atoms with Gasteiger partial charge in [0.1, 0.15) is 0 Å². The molecule has 20 heavy (non-hydrogen) atoms. The van der Waals surface area contributed by atoms with Crippen molar-refractivity contribution in [1.82, 2.24) is 0 Å². The molecule has 1 aliphatic rings. The van der Waals surface area contributed by atoms with Gasteiger partial charge in [0.2, 0.25) is 0 Å². The molecule has 0 heterocycles. The molecule has 0 saturated heterocycles. The first-order chi connectivity index (χ1) is 9.27. The van der Waals surface area contributed by atoms with E-state index in [4.69, 9.17) is 4.74 Å². The van der Waals surface area contributed by atoms with E-state index in [-0.39, 0.29) is 11.9 Å². The van der Waals surface area contributed by atoms with Crippen molar-refractivity contribution in [3.63, 3.8) is 0 Å². The molecule has 2 atom stereocenters. The quantitative estimate of drug-likeness (QED) is 0.473. The van der Waals surface area contributed by atoms with Crippen LogP contribution in [0.5, 0.6) is 0 Å². The molecule has 2 nitrogen and oxygen atoms in total. The lowest BCUT2D eigenvalue weighted by Crippen LogP contribution is -2.49. The van der Waals surface area contributed by atoms with Gasteiger partial charge in [-0.25, -0.2) is 0 Å². The predicted octanol–water partition coefficient (Wildman–Crippen LogP) is 5.25. The van der Waals surface area contributed by atoms with Gasteiger partial charge in [-0.1, -0.05) is 64.2 Å². The molecule has 1 aliphatic carbocycles. The lowest BCUT2D eigenvalue weighted by molar-refractivity contribution is -0.153. The number of carbonyl (C=O) groups excluding carboxylic acids is 1. The zero-order valence-corrected chi connectivity index (χ0v) is 15.5. The molecule has 0 N–H and O–H groups in total. The number of hydrogen-bond donors (Lipinski definition) is 0. The second kappa shape index (κ2) is 7.10. The van der Waals surface area contributed by atoms with Gasteiger partial charge in [-0.2, -0.15) is 0 Å². The summed E-state index contributed by atoms with van der Waals surface area (Å²) in [7, 11) is -1.38. The van der Waals surface area contributed by atoms with Crippen molar-refractivity contribution in [3.05, 3.63) is 0 Å². The van der Waals surface area contributed by atoms with Crippen molar-refractivity contribution in [2.75, 3.05) is 6.61 Å². The van der Waals surface area contributed by atoms with Gasteiger partial charge in [-0.3, -0.25) is 4.79 Å². The third-order valence-electron chi connectivity index (χ3n) is 5.85. The van der Waals surface area contributed by atoms with Crippen LogP contribution in [0.25, 0.3) is 0 Å². The van der Waals surface area contributed by atoms with Gasteiger partial charge in [-0.15, -0.1) is 0 Å². The molecule has 118 valence electrons. The molecule has 0 bridgehead atoms. The van der Waals surface area contributed by atoms with E-state index in [9.17, 15) is 4.79 Å². The van der Waals surface area contributed by atoms with Crippen LogP contribution in [0.1, 0.15) is 61.3 Å². The fourth-order valence-corrected chi connectivity index (χ4v) is 11.3. The first-order valence-electron chi connectivity index (χ1n) is 8.43. The predicted molar refractivity (Wildman–Crippen MR) is 88.7 cm³/mol. The Kier molecular flexibility index (Phi) is 6.30. The minimum absolute atomic E-state index is 0.0583. The van der Waals surface area contributed by atoms with Crippen LogP contribution in [-0.2, 0) is 9.53 Å². The van der Waals surface area contributed by atoms with Crippen LogP contribution in [0.4, 0.5) is 0 Å². The monoisotopic (exact) mass is 298 g/mol. The van der Waals surface area contributed by atoms with Crippen molar-refractivity contribution in [1.29, 1.82) is 0 Å². The van der Waals surface area contributed by atoms with Gasteiger partial charge in [-0.05, 0) is 25.7 Å². The number of hydrogen-bond acceptors (Lipinski definition) is 2. The molecule has 1 fully saturated rings. The summed E-state index contributed by atoms with van der Waals surface area (Å²) < 4.78 is 5.25. The third-order valence-corrected chi connectivity index (χ3v) is 13.5. The van der Waals surface area contributed by atoms with Gasteiger partial charge >= 0.3 is 5.97 Å². The van der Waals surface area contributed by atoms with E-state index in [1.807, 2.05) is 6.92 Å². The zero-order valence-electron chi connectivity index (χ0n) is 14.5. The Morgan fingerprint density at radius 2 is 1.55 bits per heavy atom. The summed E-state index contributed by atoms with van der Waals surface area (Å²) in [6.07, 6.45) is 2.27. The SMILES string of the molecule is CCOC(=O)[C@@H]1CC[C@H]1C[Si](C(C)C)(C(C)C)C(C)C. The summed E-state index contributed by atoms with van der Waals surface area (Å²) in [6, 6.07) is 1.31. The fraction of sp³-hybridized carbons (Fsp3) is 0.941. The molecule has 1 rings (SSSR count). The van der Waals surface area contributed by atoms with Gasteiger partial charge in [0.15, 0.2) is 0 Å². The summed E-state index contributed by atoms with van der Waals surface area (Å²) in [5.74, 6) is 0.842. The first-order valence-corrected chi connectivity index (χ1v) is 10.9. The van der Waals surface area contributed by atoms with E-state index in [0.29, 0.717) is 12.5 Å². The summed E-state index contributed by atoms with van der Waals surface area (Å²) in [5.41, 5.74) is 2.35. The maximum absolute atomic E-state index is 12.0. The van der Waals surface area contributed by atoms with Crippen LogP contribution in [0, 0.1) is 11.8 Å². The molecule has 0 aromatic rings. The first kappa shape index (κ1) is 17.7. The van der Waals surface area contributed by atoms with Crippen molar-refractivity contribution < 1.29 is 9.53 Å². The average Bonchev–Trinajstić information content (AvgIpc) is 2.26. The van der Waals surface area contributed by atoms with Crippen molar-refractivity contribution >= 4 is 14.0 Å². The lowest BCUT2D eigenvalue weighted by Gasteiger charge is -2.49. The topological polar surface area (TPSA) is 26.3 Å². The molecule has 0 aliphatic heterocycles. The number of esters is 1. The normalized spacial score (nSPS) is 23.3. The summed E-state index contributed by atoms with van der Waals surface area (Å²) in [5, 5.41) is 0. The van der Waals surface area contributed by atoms with E-state index in [1.165, 1.54) is 12.5 Å². The van der Waals surface area contributed by atoms with Crippen LogP contribution < -0.4 is 0 Å². The lowest BCUT2D eigenvalue weighted by atomic mass is 9.75. The largest absolute Gasteiger partial charge is 0.466 e. The highest BCUT2D eigenvalue weighted by Crippen LogP contribution is 2.51. The Hall–Kier alpha value is -0.313. The minimum Gasteiger partial charge on any atom is -0.466 e. The smallest absolute Gasteiger partial charge is 0.309 e. The maximum atomic E-state index is 12.0. The van der Waals surface area contributed by atoms with E-state index >= 15 is 0 Å². The molecule has 1 saturated carbocycles. The number of rotatable bonds is 7. The summed E-state index contributed by atoms with van der Waals surface area (Å²) >= 11 is 0. The van der Waals surface area contributed by atoms with E-state index in [0.717, 1.165) is 23.0 Å². The molecular weight excluding hydrogens is 264 g/mol. The van der Waals surface area contributed by atoms with Crippen molar-refractivity contribution in [3.8, 4) is 0 Å². The number of ether oxygens (including phenoxy) is 1. The Morgan fingerprint density at radius 1 is 1.05 bits per heavy atom. The van der Waals surface area contributed by atoms with Crippen LogP contribution in [0.3, 0.4) is 0 Å². The van der Waals surface area contributed by atoms with Crippen LogP contribution in [-0.4, -0.2) is 20.7 Å². The summed E-state index contributed by atoms with van der Waals surface area (Å²) in [6.45, 7) is 16.9. The second-order valence-corrected chi connectivity index (χ2v) is 13.6. The van der Waals surface area contributed by atoms with E-state index in [2.05, 4.69) is 41.5 Å². The van der Waals surface area contributed by atoms with Gasteiger partial charge in [0.05, 0.1) is 20.6 Å². The van der Waals surface area contributed by atoms with Crippen molar-refractivity contribution in [2.45, 2.75) is 84.0 Å². The second-order valence-electron chi connectivity index (χ2n) is 7.48. The Bertz CT molecular complexity index is 301. The van der Waals surface area contributed by atoms with Gasteiger partial charge in [0, 0.05) is 0 Å². The molecule has 0 spiro atoms. The number of carbonyl (C=O) groups is 1. The van der Waals surface area contributed by atoms with Gasteiger partial charge < -0.3 is 4.74 Å². The fourth-order valence-electron chi connectivity index (χ4n) is 4.53. The Balaban J connectivity index is 2.84. The zero-order chi connectivity index (χ0) is 15.5. The highest BCUT2D eigenvalue weighted by atomic mass is 28.3. The molecule has 0 amide bonds.